The van der Waals surface area contributed by atoms with Gasteiger partial charge in [-0.05, 0) is 25.2 Å². The van der Waals surface area contributed by atoms with Crippen LogP contribution in [0.2, 0.25) is 0 Å². The average molecular weight is 281 g/mol. The summed E-state index contributed by atoms with van der Waals surface area (Å²) in [4.78, 5) is 1.47. The first-order valence-corrected chi connectivity index (χ1v) is 8.95. The van der Waals surface area contributed by atoms with Crippen LogP contribution in [-0.2, 0) is 0 Å². The second kappa shape index (κ2) is 11.5. The lowest BCUT2D eigenvalue weighted by atomic mass is 10.1. The second-order valence-corrected chi connectivity index (χ2v) is 6.47. The minimum atomic E-state index is 1.22. The molecule has 1 nitrogen and oxygen atoms in total. The van der Waals surface area contributed by atoms with E-state index >= 15 is 0 Å². The van der Waals surface area contributed by atoms with Crippen molar-refractivity contribution in [2.45, 2.75) is 84.5 Å². The molecule has 0 aromatic heterocycles. The molecule has 0 N–H and O–H groups in total. The van der Waals surface area contributed by atoms with Gasteiger partial charge in [-0.2, -0.15) is 0 Å². The fraction of sp³-hybridized carbons (Fsp3) is 0.765. The highest BCUT2D eigenvalue weighted by Crippen LogP contribution is 2.29. The van der Waals surface area contributed by atoms with E-state index in [1.165, 1.54) is 81.2 Å². The van der Waals surface area contributed by atoms with Crippen LogP contribution in [0, 0.1) is 0 Å². The number of thioether (sulfide) groups is 1. The smallest absolute Gasteiger partial charge is 0.0471 e. The van der Waals surface area contributed by atoms with Gasteiger partial charge >= 0.3 is 0 Å². The molecule has 0 aliphatic carbocycles. The van der Waals surface area contributed by atoms with Crippen molar-refractivity contribution in [3.05, 3.63) is 22.2 Å². The summed E-state index contributed by atoms with van der Waals surface area (Å²) in [5.41, 5.74) is 1.23. The van der Waals surface area contributed by atoms with Crippen molar-refractivity contribution < 1.29 is 0 Å². The molecule has 1 aliphatic rings. The summed E-state index contributed by atoms with van der Waals surface area (Å²) in [5.74, 6) is 0. The SMILES string of the molecule is CCCCCCCCCCCCC1=C(C)[N]C=CS1. The fourth-order valence-electron chi connectivity index (χ4n) is 2.42. The van der Waals surface area contributed by atoms with Gasteiger partial charge in [-0.25, -0.2) is 0 Å². The Morgan fingerprint density at radius 3 is 2.05 bits per heavy atom. The Morgan fingerprint density at radius 2 is 1.47 bits per heavy atom. The van der Waals surface area contributed by atoms with E-state index < -0.39 is 0 Å². The quantitative estimate of drug-likeness (QED) is 0.402. The van der Waals surface area contributed by atoms with Gasteiger partial charge in [-0.15, -0.1) is 0 Å². The lowest BCUT2D eigenvalue weighted by Gasteiger charge is -2.12. The van der Waals surface area contributed by atoms with E-state index in [4.69, 9.17) is 0 Å². The summed E-state index contributed by atoms with van der Waals surface area (Å²) in [6.07, 6.45) is 17.3. The van der Waals surface area contributed by atoms with Gasteiger partial charge in [0.25, 0.3) is 0 Å². The summed E-state index contributed by atoms with van der Waals surface area (Å²) < 4.78 is 0. The maximum Gasteiger partial charge on any atom is 0.0471 e. The Hall–Kier alpha value is -0.370. The van der Waals surface area contributed by atoms with Crippen molar-refractivity contribution in [2.24, 2.45) is 0 Å². The summed E-state index contributed by atoms with van der Waals surface area (Å²) in [7, 11) is 0. The third kappa shape index (κ3) is 8.41. The second-order valence-electron chi connectivity index (χ2n) is 5.47. The lowest BCUT2D eigenvalue weighted by molar-refractivity contribution is 0.557. The van der Waals surface area contributed by atoms with Crippen LogP contribution in [0.15, 0.2) is 22.2 Å². The molecule has 0 atom stereocenters. The Morgan fingerprint density at radius 1 is 0.895 bits per heavy atom. The van der Waals surface area contributed by atoms with Crippen LogP contribution in [0.3, 0.4) is 0 Å². The van der Waals surface area contributed by atoms with E-state index in [1.54, 1.807) is 0 Å². The molecule has 0 saturated heterocycles. The molecular formula is C17H30NS. The zero-order valence-electron chi connectivity index (χ0n) is 12.8. The molecule has 1 aliphatic heterocycles. The fourth-order valence-corrected chi connectivity index (χ4v) is 3.20. The highest BCUT2D eigenvalue weighted by Gasteiger charge is 2.06. The maximum atomic E-state index is 4.35. The molecule has 0 fully saturated rings. The molecule has 0 amide bonds. The Bertz CT molecular complexity index is 281. The van der Waals surface area contributed by atoms with Gasteiger partial charge in [0, 0.05) is 16.8 Å². The Balaban J connectivity index is 1.86. The third-order valence-corrected chi connectivity index (χ3v) is 4.74. The first-order valence-electron chi connectivity index (χ1n) is 8.07. The molecule has 1 heterocycles. The zero-order chi connectivity index (χ0) is 13.8. The van der Waals surface area contributed by atoms with E-state index in [0.717, 1.165) is 0 Å². The van der Waals surface area contributed by atoms with Gasteiger partial charge < -0.3 is 0 Å². The highest BCUT2D eigenvalue weighted by atomic mass is 32.2. The number of allylic oxidation sites excluding steroid dienone is 2. The molecule has 0 bridgehead atoms. The third-order valence-electron chi connectivity index (χ3n) is 3.70. The molecule has 0 unspecified atom stereocenters. The molecule has 1 radical (unpaired) electrons. The largest absolute Gasteiger partial charge is 0.260 e. The van der Waals surface area contributed by atoms with Crippen molar-refractivity contribution in [1.82, 2.24) is 5.32 Å². The van der Waals surface area contributed by atoms with E-state index in [0.29, 0.717) is 0 Å². The molecule has 0 spiro atoms. The van der Waals surface area contributed by atoms with Crippen LogP contribution in [0.25, 0.3) is 0 Å². The molecular weight excluding hydrogens is 250 g/mol. The molecule has 0 saturated carbocycles. The van der Waals surface area contributed by atoms with Crippen LogP contribution in [0.1, 0.15) is 84.5 Å². The number of rotatable bonds is 11. The van der Waals surface area contributed by atoms with Gasteiger partial charge in [0.2, 0.25) is 0 Å². The molecule has 0 aromatic rings. The van der Waals surface area contributed by atoms with E-state index in [1.807, 2.05) is 18.0 Å². The topological polar surface area (TPSA) is 14.1 Å². The van der Waals surface area contributed by atoms with Gasteiger partial charge in [0.1, 0.15) is 0 Å². The Labute approximate surface area is 124 Å². The summed E-state index contributed by atoms with van der Waals surface area (Å²) in [6.45, 7) is 4.41. The summed E-state index contributed by atoms with van der Waals surface area (Å²) in [5, 5.41) is 6.45. The van der Waals surface area contributed by atoms with Crippen molar-refractivity contribution in [3.63, 3.8) is 0 Å². The van der Waals surface area contributed by atoms with E-state index in [9.17, 15) is 0 Å². The zero-order valence-corrected chi connectivity index (χ0v) is 13.6. The van der Waals surface area contributed by atoms with Crippen molar-refractivity contribution in [3.8, 4) is 0 Å². The van der Waals surface area contributed by atoms with E-state index in [2.05, 4.69) is 24.6 Å². The predicted octanol–water partition coefficient (Wildman–Crippen LogP) is 6.35. The number of hydrogen-bond acceptors (Lipinski definition) is 1. The monoisotopic (exact) mass is 280 g/mol. The first-order chi connectivity index (χ1) is 9.34. The first kappa shape index (κ1) is 16.7. The van der Waals surface area contributed by atoms with Crippen molar-refractivity contribution in [2.75, 3.05) is 0 Å². The number of nitrogens with zero attached hydrogens (tertiary/aromatic N) is 1. The van der Waals surface area contributed by atoms with Crippen molar-refractivity contribution in [1.29, 1.82) is 0 Å². The lowest BCUT2D eigenvalue weighted by Crippen LogP contribution is -1.99. The van der Waals surface area contributed by atoms with E-state index in [-0.39, 0.29) is 0 Å². The maximum absolute atomic E-state index is 4.35. The van der Waals surface area contributed by atoms with Gasteiger partial charge in [0.05, 0.1) is 0 Å². The minimum Gasteiger partial charge on any atom is -0.260 e. The van der Waals surface area contributed by atoms with Crippen LogP contribution in [0.4, 0.5) is 0 Å². The Kier molecular flexibility index (Phi) is 10.1. The van der Waals surface area contributed by atoms with Crippen LogP contribution in [0.5, 0.6) is 0 Å². The predicted molar refractivity (Wildman–Crippen MR) is 88.0 cm³/mol. The summed E-state index contributed by atoms with van der Waals surface area (Å²) in [6, 6.07) is 0. The molecule has 2 heteroatoms. The van der Waals surface area contributed by atoms with Crippen LogP contribution >= 0.6 is 11.8 Å². The highest BCUT2D eigenvalue weighted by molar-refractivity contribution is 8.05. The normalized spacial score (nSPS) is 14.8. The standard InChI is InChI=1S/C17H30NS/c1-3-4-5-6-7-8-9-10-11-12-13-17-16(2)18-14-15-19-17/h14-15H,3-13H2,1-2H3. The van der Waals surface area contributed by atoms with Gasteiger partial charge in [-0.1, -0.05) is 76.5 Å². The molecule has 19 heavy (non-hydrogen) atoms. The molecule has 1 rings (SSSR count). The minimum absolute atomic E-state index is 1.22. The van der Waals surface area contributed by atoms with Crippen LogP contribution < -0.4 is 5.32 Å². The average Bonchev–Trinajstić information content (AvgIpc) is 2.43. The van der Waals surface area contributed by atoms with Gasteiger partial charge in [0.15, 0.2) is 0 Å². The van der Waals surface area contributed by atoms with Crippen molar-refractivity contribution >= 4 is 11.8 Å². The number of unbranched alkanes of at least 4 members (excludes halogenated alkanes) is 9. The summed E-state index contributed by atoms with van der Waals surface area (Å²) >= 11 is 1.86. The van der Waals surface area contributed by atoms with Crippen LogP contribution in [-0.4, -0.2) is 0 Å². The molecule has 0 aromatic carbocycles. The number of hydrogen-bond donors (Lipinski definition) is 0. The molecule has 109 valence electrons. The van der Waals surface area contributed by atoms with Gasteiger partial charge in [-0.3, -0.25) is 5.32 Å².